The Kier molecular flexibility index (Phi) is 7.59. The van der Waals surface area contributed by atoms with Crippen LogP contribution in [-0.4, -0.2) is 54.0 Å². The summed E-state index contributed by atoms with van der Waals surface area (Å²) in [6.07, 6.45) is 2.54. The lowest BCUT2D eigenvalue weighted by molar-refractivity contribution is -0.138. The number of carboxylic acid groups (broad SMARTS) is 1. The van der Waals surface area contributed by atoms with Gasteiger partial charge in [0.1, 0.15) is 0 Å². The SMILES string of the molecule is O=C(O)CN1CCC2(CCN(C(=O)c3ccc(NC(=O)c4ccccc4-c4ccccc4)cc3)c3ccccc3C2)C1. The van der Waals surface area contributed by atoms with Crippen molar-refractivity contribution in [1.29, 1.82) is 0 Å². The number of hydrogen-bond acceptors (Lipinski definition) is 4. The first kappa shape index (κ1) is 27.4. The predicted octanol–water partition coefficient (Wildman–Crippen LogP) is 5.98. The number of nitrogens with one attached hydrogen (secondary N) is 1. The minimum absolute atomic E-state index is 0.0484. The molecule has 7 heteroatoms. The molecule has 4 aromatic rings. The Balaban J connectivity index is 1.18. The number of anilines is 2. The Morgan fingerprint density at radius 2 is 1.48 bits per heavy atom. The zero-order valence-electron chi connectivity index (χ0n) is 23.3. The van der Waals surface area contributed by atoms with Gasteiger partial charge in [0.15, 0.2) is 0 Å². The molecule has 0 aromatic heterocycles. The summed E-state index contributed by atoms with van der Waals surface area (Å²) in [4.78, 5) is 42.2. The second kappa shape index (κ2) is 11.6. The number of likely N-dealkylation sites (tertiary alicyclic amines) is 1. The first-order chi connectivity index (χ1) is 20.4. The maximum absolute atomic E-state index is 13.8. The molecule has 2 aliphatic rings. The predicted molar refractivity (Wildman–Crippen MR) is 164 cm³/mol. The second-order valence-corrected chi connectivity index (χ2v) is 11.3. The average molecular weight is 560 g/mol. The van der Waals surface area contributed by atoms with Crippen LogP contribution in [-0.2, 0) is 11.2 Å². The standard InChI is InChI=1S/C35H33N3O4/c39-32(40)23-37-20-18-35(24-37)19-21-38(31-13-7-4-10-27(31)22-35)34(42)26-14-16-28(17-15-26)36-33(41)30-12-6-5-11-29(30)25-8-2-1-3-9-25/h1-17H,18-24H2,(H,36,41)(H,39,40). The van der Waals surface area contributed by atoms with Crippen LogP contribution in [0.2, 0.25) is 0 Å². The lowest BCUT2D eigenvalue weighted by Gasteiger charge is -2.28. The van der Waals surface area contributed by atoms with Gasteiger partial charge in [0.05, 0.1) is 6.54 Å². The molecule has 1 saturated heterocycles. The van der Waals surface area contributed by atoms with E-state index in [1.165, 1.54) is 0 Å². The quantitative estimate of drug-likeness (QED) is 0.304. The third kappa shape index (κ3) is 5.69. The summed E-state index contributed by atoms with van der Waals surface area (Å²) in [5, 5.41) is 12.3. The molecular weight excluding hydrogens is 526 g/mol. The molecule has 42 heavy (non-hydrogen) atoms. The van der Waals surface area contributed by atoms with Crippen molar-refractivity contribution in [2.24, 2.45) is 5.41 Å². The highest BCUT2D eigenvalue weighted by molar-refractivity contribution is 6.09. The molecule has 4 aromatic carbocycles. The van der Waals surface area contributed by atoms with Gasteiger partial charge in [-0.25, -0.2) is 0 Å². The van der Waals surface area contributed by atoms with Crippen LogP contribution in [0.4, 0.5) is 11.4 Å². The number of rotatable bonds is 6. The molecule has 0 bridgehead atoms. The number of benzene rings is 4. The second-order valence-electron chi connectivity index (χ2n) is 11.3. The smallest absolute Gasteiger partial charge is 0.317 e. The van der Waals surface area contributed by atoms with E-state index in [0.29, 0.717) is 23.4 Å². The van der Waals surface area contributed by atoms with Crippen molar-refractivity contribution in [3.05, 3.63) is 120 Å². The van der Waals surface area contributed by atoms with Crippen molar-refractivity contribution in [3.63, 3.8) is 0 Å². The number of carbonyl (C=O) groups excluding carboxylic acids is 2. The highest BCUT2D eigenvalue weighted by Gasteiger charge is 2.41. The molecule has 0 aliphatic carbocycles. The van der Waals surface area contributed by atoms with Gasteiger partial charge < -0.3 is 15.3 Å². The third-order valence-corrected chi connectivity index (χ3v) is 8.48. The largest absolute Gasteiger partial charge is 0.480 e. The van der Waals surface area contributed by atoms with Crippen molar-refractivity contribution in [3.8, 4) is 11.1 Å². The van der Waals surface area contributed by atoms with E-state index in [-0.39, 0.29) is 23.8 Å². The number of nitrogens with zero attached hydrogens (tertiary/aromatic N) is 2. The molecule has 2 aliphatic heterocycles. The first-order valence-corrected chi connectivity index (χ1v) is 14.3. The van der Waals surface area contributed by atoms with Crippen LogP contribution in [0.25, 0.3) is 11.1 Å². The number of amides is 2. The normalized spacial score (nSPS) is 18.3. The Bertz CT molecular complexity index is 1620. The van der Waals surface area contributed by atoms with Crippen molar-refractivity contribution < 1.29 is 19.5 Å². The van der Waals surface area contributed by atoms with Crippen LogP contribution in [0.3, 0.4) is 0 Å². The minimum Gasteiger partial charge on any atom is -0.480 e. The lowest BCUT2D eigenvalue weighted by Crippen LogP contribution is -2.35. The molecule has 7 nitrogen and oxygen atoms in total. The van der Waals surface area contributed by atoms with Crippen LogP contribution in [0, 0.1) is 5.41 Å². The van der Waals surface area contributed by atoms with Gasteiger partial charge in [-0.1, -0.05) is 66.7 Å². The van der Waals surface area contributed by atoms with E-state index in [1.807, 2.05) is 82.6 Å². The molecule has 2 amide bonds. The minimum atomic E-state index is -0.807. The van der Waals surface area contributed by atoms with Gasteiger partial charge in [0.2, 0.25) is 0 Å². The fourth-order valence-electron chi connectivity index (χ4n) is 6.40. The van der Waals surface area contributed by atoms with E-state index in [0.717, 1.165) is 54.7 Å². The van der Waals surface area contributed by atoms with Gasteiger partial charge >= 0.3 is 5.97 Å². The average Bonchev–Trinajstić information content (AvgIpc) is 3.31. The molecular formula is C35H33N3O4. The zero-order chi connectivity index (χ0) is 29.1. The number of carboxylic acids is 1. The Morgan fingerprint density at radius 1 is 0.786 bits per heavy atom. The summed E-state index contributed by atoms with van der Waals surface area (Å²) in [5.74, 6) is -1.11. The molecule has 1 spiro atoms. The van der Waals surface area contributed by atoms with Crippen LogP contribution < -0.4 is 10.2 Å². The van der Waals surface area contributed by atoms with Crippen molar-refractivity contribution in [2.45, 2.75) is 19.3 Å². The Morgan fingerprint density at radius 3 is 2.26 bits per heavy atom. The van der Waals surface area contributed by atoms with Gasteiger partial charge in [-0.3, -0.25) is 19.3 Å². The summed E-state index contributed by atoms with van der Waals surface area (Å²) in [6.45, 7) is 2.08. The van der Waals surface area contributed by atoms with Crippen molar-refractivity contribution in [1.82, 2.24) is 4.90 Å². The third-order valence-electron chi connectivity index (χ3n) is 8.48. The van der Waals surface area contributed by atoms with Gasteiger partial charge in [0, 0.05) is 35.6 Å². The molecule has 0 saturated carbocycles. The molecule has 1 fully saturated rings. The molecule has 1 unspecified atom stereocenters. The summed E-state index contributed by atoms with van der Waals surface area (Å²) >= 11 is 0. The van der Waals surface area contributed by atoms with E-state index in [9.17, 15) is 19.5 Å². The fourth-order valence-corrected chi connectivity index (χ4v) is 6.40. The monoisotopic (exact) mass is 559 g/mol. The van der Waals surface area contributed by atoms with Crippen molar-refractivity contribution >= 4 is 29.2 Å². The maximum Gasteiger partial charge on any atom is 0.317 e. The van der Waals surface area contributed by atoms with E-state index in [2.05, 4.69) is 11.4 Å². The van der Waals surface area contributed by atoms with E-state index < -0.39 is 5.97 Å². The van der Waals surface area contributed by atoms with Gasteiger partial charge in [-0.05, 0) is 84.3 Å². The number of carbonyl (C=O) groups is 3. The van der Waals surface area contributed by atoms with E-state index >= 15 is 0 Å². The van der Waals surface area contributed by atoms with Crippen LogP contribution in [0.15, 0.2) is 103 Å². The van der Waals surface area contributed by atoms with Crippen LogP contribution in [0.1, 0.15) is 39.1 Å². The number of fused-ring (bicyclic) bond motifs is 1. The van der Waals surface area contributed by atoms with Crippen LogP contribution in [0.5, 0.6) is 0 Å². The maximum atomic E-state index is 13.8. The molecule has 2 heterocycles. The van der Waals surface area contributed by atoms with Gasteiger partial charge in [0.25, 0.3) is 11.8 Å². The Hall–Kier alpha value is -4.75. The summed E-state index contributed by atoms with van der Waals surface area (Å²) in [5.41, 5.74) is 5.52. The number of hydrogen-bond donors (Lipinski definition) is 2. The topological polar surface area (TPSA) is 89.9 Å². The molecule has 1 atom stereocenters. The summed E-state index contributed by atoms with van der Waals surface area (Å²) in [6, 6.07) is 32.4. The molecule has 0 radical (unpaired) electrons. The van der Waals surface area contributed by atoms with E-state index in [1.54, 1.807) is 24.3 Å². The summed E-state index contributed by atoms with van der Waals surface area (Å²) in [7, 11) is 0. The highest BCUT2D eigenvalue weighted by atomic mass is 16.4. The van der Waals surface area contributed by atoms with Gasteiger partial charge in [-0.15, -0.1) is 0 Å². The highest BCUT2D eigenvalue weighted by Crippen LogP contribution is 2.43. The molecule has 2 N–H and O–H groups in total. The number of aliphatic carboxylic acids is 1. The fraction of sp³-hybridized carbons (Fsp3) is 0.229. The van der Waals surface area contributed by atoms with E-state index in [4.69, 9.17) is 0 Å². The lowest BCUT2D eigenvalue weighted by atomic mass is 9.78. The van der Waals surface area contributed by atoms with Gasteiger partial charge in [-0.2, -0.15) is 0 Å². The van der Waals surface area contributed by atoms with Crippen LogP contribution >= 0.6 is 0 Å². The zero-order valence-corrected chi connectivity index (χ0v) is 23.3. The van der Waals surface area contributed by atoms with Crippen molar-refractivity contribution in [2.75, 3.05) is 36.4 Å². The summed E-state index contributed by atoms with van der Waals surface area (Å²) < 4.78 is 0. The number of para-hydroxylation sites is 1. The molecule has 212 valence electrons. The Labute approximate surface area is 245 Å². The first-order valence-electron chi connectivity index (χ1n) is 14.3. The molecule has 6 rings (SSSR count).